The Kier molecular flexibility index (Phi) is 4.75. The maximum atomic E-state index is 13.3. The molecule has 1 aromatic heterocycles. The molecule has 0 aliphatic rings. The van der Waals surface area contributed by atoms with Crippen LogP contribution in [0.1, 0.15) is 32.0 Å². The zero-order valence-electron chi connectivity index (χ0n) is 13.1. The number of nitrogens with zero attached hydrogens (tertiary/aromatic N) is 1. The number of aryl methyl sites for hydroxylation is 1. The fraction of sp³-hybridized carbons (Fsp3) is 0.188. The standard InChI is InChI=1S/C16H14ClFN2O4/c1-7-6-9(4-5-10(7)18)19-15(22)11-8(2)12(13(21)16(23)24)20(3)14(11)17/h4-6H,1-3H3,(H,19,22)(H,23,24). The van der Waals surface area contributed by atoms with Crippen LogP contribution >= 0.6 is 11.6 Å². The Morgan fingerprint density at radius 3 is 2.42 bits per heavy atom. The number of hydrogen-bond donors (Lipinski definition) is 2. The number of Topliss-reactive ketones (excluding diaryl/α,β-unsaturated/α-hetero) is 1. The first-order valence-electron chi connectivity index (χ1n) is 6.85. The molecule has 0 saturated carbocycles. The van der Waals surface area contributed by atoms with Crippen molar-refractivity contribution in [2.24, 2.45) is 7.05 Å². The Bertz CT molecular complexity index is 873. The number of aliphatic carboxylic acids is 1. The predicted octanol–water partition coefficient (Wildman–Crippen LogP) is 2.95. The molecule has 1 amide bonds. The van der Waals surface area contributed by atoms with Gasteiger partial charge in [0.1, 0.15) is 16.7 Å². The molecule has 0 atom stereocenters. The van der Waals surface area contributed by atoms with Gasteiger partial charge in [0.15, 0.2) is 0 Å². The van der Waals surface area contributed by atoms with E-state index in [1.54, 1.807) is 6.92 Å². The van der Waals surface area contributed by atoms with Gasteiger partial charge in [-0.3, -0.25) is 9.59 Å². The van der Waals surface area contributed by atoms with Gasteiger partial charge in [-0.2, -0.15) is 0 Å². The number of ketones is 1. The largest absolute Gasteiger partial charge is 0.475 e. The highest BCUT2D eigenvalue weighted by molar-refractivity contribution is 6.41. The van der Waals surface area contributed by atoms with Gasteiger partial charge in [0.05, 0.1) is 5.56 Å². The average Bonchev–Trinajstić information content (AvgIpc) is 2.72. The Balaban J connectivity index is 2.43. The van der Waals surface area contributed by atoms with Gasteiger partial charge in [-0.1, -0.05) is 11.6 Å². The third-order valence-corrected chi connectivity index (χ3v) is 4.06. The number of rotatable bonds is 4. The molecule has 6 nitrogen and oxygen atoms in total. The maximum absolute atomic E-state index is 13.3. The van der Waals surface area contributed by atoms with Gasteiger partial charge in [-0.25, -0.2) is 9.18 Å². The average molecular weight is 353 g/mol. The summed E-state index contributed by atoms with van der Waals surface area (Å²) in [4.78, 5) is 35.1. The zero-order chi connectivity index (χ0) is 18.2. The van der Waals surface area contributed by atoms with Crippen molar-refractivity contribution in [2.75, 3.05) is 5.32 Å². The van der Waals surface area contributed by atoms with Crippen LogP contribution in [0, 0.1) is 19.7 Å². The predicted molar refractivity (Wildman–Crippen MR) is 86.2 cm³/mol. The number of carboxylic acid groups (broad SMARTS) is 1. The Labute approximate surface area is 141 Å². The van der Waals surface area contributed by atoms with Gasteiger partial charge < -0.3 is 15.0 Å². The number of carbonyl (C=O) groups is 3. The number of halogens is 2. The van der Waals surface area contributed by atoms with E-state index in [2.05, 4.69) is 5.32 Å². The van der Waals surface area contributed by atoms with E-state index < -0.39 is 23.5 Å². The maximum Gasteiger partial charge on any atom is 0.378 e. The Morgan fingerprint density at radius 2 is 1.88 bits per heavy atom. The van der Waals surface area contributed by atoms with Crippen LogP contribution < -0.4 is 5.32 Å². The number of aromatic nitrogens is 1. The van der Waals surface area contributed by atoms with Crippen molar-refractivity contribution in [1.82, 2.24) is 4.57 Å². The highest BCUT2D eigenvalue weighted by Crippen LogP contribution is 2.27. The summed E-state index contributed by atoms with van der Waals surface area (Å²) >= 11 is 6.08. The first-order chi connectivity index (χ1) is 11.1. The molecule has 0 aliphatic heterocycles. The molecule has 126 valence electrons. The lowest BCUT2D eigenvalue weighted by Gasteiger charge is -2.07. The number of hydrogen-bond acceptors (Lipinski definition) is 3. The van der Waals surface area contributed by atoms with E-state index in [4.69, 9.17) is 16.7 Å². The third kappa shape index (κ3) is 3.03. The molecular weight excluding hydrogens is 339 g/mol. The molecule has 0 fully saturated rings. The summed E-state index contributed by atoms with van der Waals surface area (Å²) in [7, 11) is 1.39. The summed E-state index contributed by atoms with van der Waals surface area (Å²) in [6.45, 7) is 2.99. The fourth-order valence-corrected chi connectivity index (χ4v) is 2.71. The van der Waals surface area contributed by atoms with Crippen LogP contribution in [-0.2, 0) is 11.8 Å². The van der Waals surface area contributed by atoms with Crippen molar-refractivity contribution in [2.45, 2.75) is 13.8 Å². The monoisotopic (exact) mass is 352 g/mol. The highest BCUT2D eigenvalue weighted by atomic mass is 35.5. The number of carboxylic acids is 1. The van der Waals surface area contributed by atoms with E-state index in [9.17, 15) is 18.8 Å². The molecule has 0 bridgehead atoms. The van der Waals surface area contributed by atoms with Crippen molar-refractivity contribution >= 4 is 34.9 Å². The molecule has 2 aromatic rings. The quantitative estimate of drug-likeness (QED) is 0.654. The number of carbonyl (C=O) groups excluding carboxylic acids is 2. The first kappa shape index (κ1) is 17.7. The smallest absolute Gasteiger partial charge is 0.378 e. The van der Waals surface area contributed by atoms with Crippen molar-refractivity contribution in [1.29, 1.82) is 0 Å². The lowest BCUT2D eigenvalue weighted by atomic mass is 10.1. The van der Waals surface area contributed by atoms with Crippen LogP contribution in [0.15, 0.2) is 18.2 Å². The van der Waals surface area contributed by atoms with Crippen molar-refractivity contribution < 1.29 is 23.9 Å². The topological polar surface area (TPSA) is 88.4 Å². The van der Waals surface area contributed by atoms with Crippen LogP contribution in [0.4, 0.5) is 10.1 Å². The number of nitrogens with one attached hydrogen (secondary N) is 1. The summed E-state index contributed by atoms with van der Waals surface area (Å²) in [6.07, 6.45) is 0. The molecule has 8 heteroatoms. The van der Waals surface area contributed by atoms with Crippen LogP contribution in [-0.4, -0.2) is 27.3 Å². The molecule has 1 heterocycles. The summed E-state index contributed by atoms with van der Waals surface area (Å²) < 4.78 is 14.4. The number of benzene rings is 1. The SMILES string of the molecule is Cc1cc(NC(=O)c2c(C)c(C(=O)C(=O)O)n(C)c2Cl)ccc1F. The molecule has 24 heavy (non-hydrogen) atoms. The Morgan fingerprint density at radius 1 is 1.25 bits per heavy atom. The molecule has 0 unspecified atom stereocenters. The minimum atomic E-state index is -1.64. The van der Waals surface area contributed by atoms with Crippen LogP contribution in [0.25, 0.3) is 0 Å². The van der Waals surface area contributed by atoms with Crippen molar-refractivity contribution in [3.63, 3.8) is 0 Å². The normalized spacial score (nSPS) is 10.5. The number of amides is 1. The van der Waals surface area contributed by atoms with Gasteiger partial charge >= 0.3 is 5.97 Å². The van der Waals surface area contributed by atoms with Gasteiger partial charge in [-0.15, -0.1) is 0 Å². The first-order valence-corrected chi connectivity index (χ1v) is 7.22. The second-order valence-electron chi connectivity index (χ2n) is 5.25. The molecule has 0 radical (unpaired) electrons. The second kappa shape index (κ2) is 6.45. The van der Waals surface area contributed by atoms with E-state index in [0.29, 0.717) is 11.3 Å². The minimum absolute atomic E-state index is 0.00857. The molecule has 0 saturated heterocycles. The third-order valence-electron chi connectivity index (χ3n) is 3.62. The molecule has 2 N–H and O–H groups in total. The van der Waals surface area contributed by atoms with E-state index in [1.807, 2.05) is 0 Å². The fourth-order valence-electron chi connectivity index (χ4n) is 2.39. The van der Waals surface area contributed by atoms with E-state index in [0.717, 1.165) is 4.57 Å². The number of anilines is 1. The van der Waals surface area contributed by atoms with Crippen molar-refractivity contribution in [3.8, 4) is 0 Å². The zero-order valence-corrected chi connectivity index (χ0v) is 13.9. The summed E-state index contributed by atoms with van der Waals surface area (Å²) in [5.41, 5.74) is 0.680. The van der Waals surface area contributed by atoms with Crippen LogP contribution in [0.2, 0.25) is 5.15 Å². The van der Waals surface area contributed by atoms with Crippen molar-refractivity contribution in [3.05, 3.63) is 51.6 Å². The van der Waals surface area contributed by atoms with Crippen LogP contribution in [0.3, 0.4) is 0 Å². The van der Waals surface area contributed by atoms with Gasteiger partial charge in [0, 0.05) is 12.7 Å². The van der Waals surface area contributed by atoms with E-state index in [1.165, 1.54) is 32.2 Å². The lowest BCUT2D eigenvalue weighted by molar-refractivity contribution is -0.131. The van der Waals surface area contributed by atoms with E-state index >= 15 is 0 Å². The van der Waals surface area contributed by atoms with Gasteiger partial charge in [0.2, 0.25) is 0 Å². The molecule has 0 spiro atoms. The molecule has 1 aromatic carbocycles. The van der Waals surface area contributed by atoms with Gasteiger partial charge in [-0.05, 0) is 43.2 Å². The van der Waals surface area contributed by atoms with Crippen LogP contribution in [0.5, 0.6) is 0 Å². The summed E-state index contributed by atoms with van der Waals surface area (Å²) in [5.74, 6) is -3.83. The molecule has 0 aliphatic carbocycles. The highest BCUT2D eigenvalue weighted by Gasteiger charge is 2.29. The second-order valence-corrected chi connectivity index (χ2v) is 5.61. The Hall–Kier alpha value is -2.67. The molecular formula is C16H14ClFN2O4. The molecule has 2 rings (SSSR count). The summed E-state index contributed by atoms with van der Waals surface area (Å²) in [5, 5.41) is 11.4. The van der Waals surface area contributed by atoms with Gasteiger partial charge in [0.25, 0.3) is 11.7 Å². The lowest BCUT2D eigenvalue weighted by Crippen LogP contribution is -2.17. The minimum Gasteiger partial charge on any atom is -0.475 e. The van der Waals surface area contributed by atoms with E-state index in [-0.39, 0.29) is 22.0 Å². The summed E-state index contributed by atoms with van der Waals surface area (Å²) in [6, 6.07) is 4.04.